The quantitative estimate of drug-likeness (QED) is 0.869. The van der Waals surface area contributed by atoms with Crippen molar-refractivity contribution in [3.8, 4) is 0 Å². The SMILES string of the molecule is CCC1NC(=O)CCN(c2ccccc2SC(F)F)C1=O. The van der Waals surface area contributed by atoms with Gasteiger partial charge < -0.3 is 10.2 Å². The molecule has 2 rings (SSSR count). The molecule has 4 nitrogen and oxygen atoms in total. The number of para-hydroxylation sites is 1. The number of nitrogens with zero attached hydrogens (tertiary/aromatic N) is 1. The van der Waals surface area contributed by atoms with E-state index in [1.165, 1.54) is 4.90 Å². The summed E-state index contributed by atoms with van der Waals surface area (Å²) in [6.07, 6.45) is 0.626. The fraction of sp³-hybridized carbons (Fsp3) is 0.429. The van der Waals surface area contributed by atoms with Gasteiger partial charge in [-0.1, -0.05) is 30.8 Å². The van der Waals surface area contributed by atoms with E-state index in [4.69, 9.17) is 0 Å². The minimum Gasteiger partial charge on any atom is -0.344 e. The van der Waals surface area contributed by atoms with Gasteiger partial charge in [-0.3, -0.25) is 9.59 Å². The van der Waals surface area contributed by atoms with Crippen molar-refractivity contribution in [1.29, 1.82) is 0 Å². The third kappa shape index (κ3) is 3.72. The average molecular weight is 314 g/mol. The van der Waals surface area contributed by atoms with Crippen molar-refractivity contribution in [2.24, 2.45) is 0 Å². The largest absolute Gasteiger partial charge is 0.344 e. The smallest absolute Gasteiger partial charge is 0.288 e. The fourth-order valence-corrected chi connectivity index (χ4v) is 2.88. The molecule has 0 radical (unpaired) electrons. The minimum absolute atomic E-state index is 0.163. The number of carbonyl (C=O) groups excluding carboxylic acids is 2. The minimum atomic E-state index is -2.56. The van der Waals surface area contributed by atoms with Gasteiger partial charge in [0, 0.05) is 17.9 Å². The van der Waals surface area contributed by atoms with Gasteiger partial charge in [-0.25, -0.2) is 0 Å². The normalized spacial score (nSPS) is 19.6. The molecule has 114 valence electrons. The summed E-state index contributed by atoms with van der Waals surface area (Å²) in [5, 5.41) is 2.65. The monoisotopic (exact) mass is 314 g/mol. The van der Waals surface area contributed by atoms with Crippen molar-refractivity contribution in [2.45, 2.75) is 36.5 Å². The Morgan fingerprint density at radius 2 is 2.10 bits per heavy atom. The number of carbonyl (C=O) groups is 2. The Balaban J connectivity index is 2.35. The van der Waals surface area contributed by atoms with E-state index >= 15 is 0 Å². The molecule has 0 spiro atoms. The Labute approximate surface area is 125 Å². The number of amides is 2. The molecule has 1 fully saturated rings. The number of hydrogen-bond donors (Lipinski definition) is 1. The van der Waals surface area contributed by atoms with E-state index in [0.29, 0.717) is 28.8 Å². The van der Waals surface area contributed by atoms with Crippen LogP contribution in [0.1, 0.15) is 19.8 Å². The third-order valence-electron chi connectivity index (χ3n) is 3.24. The standard InChI is InChI=1S/C14H16F2N2O2S/c1-2-9-13(20)18(8-7-12(19)17-9)10-5-3-4-6-11(10)21-14(15)16/h3-6,9,14H,2,7-8H2,1H3,(H,17,19). The second-order valence-electron chi connectivity index (χ2n) is 4.61. The number of hydrogen-bond acceptors (Lipinski definition) is 3. The molecule has 1 aromatic rings. The molecule has 21 heavy (non-hydrogen) atoms. The average Bonchev–Trinajstić information content (AvgIpc) is 2.58. The van der Waals surface area contributed by atoms with Crippen LogP contribution in [0.25, 0.3) is 0 Å². The van der Waals surface area contributed by atoms with Crippen LogP contribution in [0.2, 0.25) is 0 Å². The van der Waals surface area contributed by atoms with Crippen LogP contribution in [0.3, 0.4) is 0 Å². The molecule has 1 aliphatic heterocycles. The summed E-state index contributed by atoms with van der Waals surface area (Å²) in [5.41, 5.74) is 0.433. The highest BCUT2D eigenvalue weighted by molar-refractivity contribution is 7.99. The van der Waals surface area contributed by atoms with E-state index < -0.39 is 11.8 Å². The zero-order valence-corrected chi connectivity index (χ0v) is 12.3. The summed E-state index contributed by atoms with van der Waals surface area (Å²) < 4.78 is 25.3. The molecule has 1 aliphatic rings. The maximum atomic E-state index is 12.6. The highest BCUT2D eigenvalue weighted by Gasteiger charge is 2.30. The van der Waals surface area contributed by atoms with Crippen LogP contribution in [0, 0.1) is 0 Å². The Hall–Kier alpha value is -1.63. The molecule has 0 saturated carbocycles. The lowest BCUT2D eigenvalue weighted by molar-refractivity contribution is -0.125. The summed E-state index contributed by atoms with van der Waals surface area (Å²) in [6, 6.07) is 5.92. The van der Waals surface area contributed by atoms with Gasteiger partial charge in [0.25, 0.3) is 5.76 Å². The Morgan fingerprint density at radius 1 is 1.38 bits per heavy atom. The van der Waals surface area contributed by atoms with Crippen molar-refractivity contribution < 1.29 is 18.4 Å². The highest BCUT2D eigenvalue weighted by atomic mass is 32.2. The molecule has 0 bridgehead atoms. The number of halogens is 2. The van der Waals surface area contributed by atoms with E-state index in [9.17, 15) is 18.4 Å². The zero-order valence-electron chi connectivity index (χ0n) is 11.5. The first kappa shape index (κ1) is 15.8. The predicted molar refractivity (Wildman–Crippen MR) is 77.5 cm³/mol. The molecule has 1 atom stereocenters. The zero-order chi connectivity index (χ0) is 15.4. The Morgan fingerprint density at radius 3 is 2.76 bits per heavy atom. The van der Waals surface area contributed by atoms with Crippen LogP contribution in [0.15, 0.2) is 29.2 Å². The van der Waals surface area contributed by atoms with Gasteiger partial charge in [-0.05, 0) is 18.6 Å². The van der Waals surface area contributed by atoms with Crippen LogP contribution in [-0.2, 0) is 9.59 Å². The van der Waals surface area contributed by atoms with Crippen molar-refractivity contribution >= 4 is 29.3 Å². The van der Waals surface area contributed by atoms with E-state index in [0.717, 1.165) is 0 Å². The van der Waals surface area contributed by atoms with Crippen LogP contribution in [-0.4, -0.2) is 30.2 Å². The second-order valence-corrected chi connectivity index (χ2v) is 5.65. The van der Waals surface area contributed by atoms with Crippen molar-refractivity contribution in [3.05, 3.63) is 24.3 Å². The molecule has 1 saturated heterocycles. The molecule has 7 heteroatoms. The maximum Gasteiger partial charge on any atom is 0.288 e. The summed E-state index contributed by atoms with van der Waals surface area (Å²) >= 11 is 0.405. The van der Waals surface area contributed by atoms with Crippen LogP contribution >= 0.6 is 11.8 Å². The van der Waals surface area contributed by atoms with Gasteiger partial charge in [0.05, 0.1) is 5.69 Å². The molecule has 1 aromatic carbocycles. The maximum absolute atomic E-state index is 12.6. The summed E-state index contributed by atoms with van der Waals surface area (Å²) in [5.74, 6) is -3.02. The lowest BCUT2D eigenvalue weighted by Gasteiger charge is -2.25. The topological polar surface area (TPSA) is 49.4 Å². The number of nitrogens with one attached hydrogen (secondary N) is 1. The van der Waals surface area contributed by atoms with Crippen molar-refractivity contribution in [1.82, 2.24) is 5.32 Å². The first-order valence-electron chi connectivity index (χ1n) is 6.67. The van der Waals surface area contributed by atoms with Gasteiger partial charge >= 0.3 is 0 Å². The predicted octanol–water partition coefficient (Wildman–Crippen LogP) is 2.63. The van der Waals surface area contributed by atoms with E-state index in [1.54, 1.807) is 31.2 Å². The Bertz CT molecular complexity index is 539. The lowest BCUT2D eigenvalue weighted by atomic mass is 10.2. The summed E-state index contributed by atoms with van der Waals surface area (Å²) in [6.45, 7) is 1.99. The molecular formula is C14H16F2N2O2S. The molecule has 2 amide bonds. The van der Waals surface area contributed by atoms with Gasteiger partial charge in [-0.15, -0.1) is 0 Å². The molecule has 1 N–H and O–H groups in total. The van der Waals surface area contributed by atoms with Crippen LogP contribution in [0.5, 0.6) is 0 Å². The van der Waals surface area contributed by atoms with Gasteiger partial charge in [0.2, 0.25) is 11.8 Å². The Kier molecular flexibility index (Phi) is 5.17. The molecule has 0 aliphatic carbocycles. The lowest BCUT2D eigenvalue weighted by Crippen LogP contribution is -2.44. The summed E-state index contributed by atoms with van der Waals surface area (Å²) in [4.78, 5) is 25.9. The van der Waals surface area contributed by atoms with Crippen LogP contribution in [0.4, 0.5) is 14.5 Å². The third-order valence-corrected chi connectivity index (χ3v) is 4.02. The summed E-state index contributed by atoms with van der Waals surface area (Å²) in [7, 11) is 0. The molecule has 1 heterocycles. The molecular weight excluding hydrogens is 298 g/mol. The van der Waals surface area contributed by atoms with Crippen molar-refractivity contribution in [3.63, 3.8) is 0 Å². The van der Waals surface area contributed by atoms with Crippen molar-refractivity contribution in [2.75, 3.05) is 11.4 Å². The van der Waals surface area contributed by atoms with Gasteiger partial charge in [-0.2, -0.15) is 8.78 Å². The first-order valence-corrected chi connectivity index (χ1v) is 7.55. The second kappa shape index (κ2) is 6.89. The van der Waals surface area contributed by atoms with E-state index in [1.807, 2.05) is 0 Å². The fourth-order valence-electron chi connectivity index (χ4n) is 2.23. The first-order chi connectivity index (χ1) is 10.0. The number of benzene rings is 1. The van der Waals surface area contributed by atoms with E-state index in [2.05, 4.69) is 5.32 Å². The van der Waals surface area contributed by atoms with Crippen LogP contribution < -0.4 is 10.2 Å². The number of anilines is 1. The number of rotatable bonds is 4. The van der Waals surface area contributed by atoms with E-state index in [-0.39, 0.29) is 24.8 Å². The molecule has 1 unspecified atom stereocenters. The number of alkyl halides is 2. The molecule has 0 aromatic heterocycles. The number of thioether (sulfide) groups is 1. The highest BCUT2D eigenvalue weighted by Crippen LogP contribution is 2.34. The van der Waals surface area contributed by atoms with Gasteiger partial charge in [0.15, 0.2) is 0 Å². The van der Waals surface area contributed by atoms with Gasteiger partial charge in [0.1, 0.15) is 6.04 Å².